The fraction of sp³-hybridized carbons (Fsp3) is 0.394. The van der Waals surface area contributed by atoms with Gasteiger partial charge in [-0.25, -0.2) is 9.78 Å². The molecule has 0 radical (unpaired) electrons. The van der Waals surface area contributed by atoms with E-state index in [9.17, 15) is 14.4 Å². The summed E-state index contributed by atoms with van der Waals surface area (Å²) in [7, 11) is 5.39. The van der Waals surface area contributed by atoms with Gasteiger partial charge >= 0.3 is 6.09 Å². The van der Waals surface area contributed by atoms with Crippen molar-refractivity contribution in [2.24, 2.45) is 0 Å². The van der Waals surface area contributed by atoms with Crippen molar-refractivity contribution in [1.82, 2.24) is 34.9 Å². The van der Waals surface area contributed by atoms with Crippen LogP contribution in [0.2, 0.25) is 0 Å². The minimum Gasteiger partial charge on any atom is -0.448 e. The number of ether oxygens (including phenoxy) is 1. The van der Waals surface area contributed by atoms with Gasteiger partial charge in [0.2, 0.25) is 17.8 Å². The summed E-state index contributed by atoms with van der Waals surface area (Å²) in [5.74, 6) is 6.64. The number of fused-ring (bicyclic) bond motifs is 1. The fourth-order valence-electron chi connectivity index (χ4n) is 4.23. The standard InChI is InChI=1S/C33H43N9O4/c1-7-19-34-30-24(15-11-10-12-20-35-31(44)27(8-2)41(6)29(43)18-14-21-40(4)5)22-36-32(39-30)38-26-16-13-17-28-25(26)23-37-42(28)33(45)46-9-3/h8,13-14,16-18,22-23,27H,2,7,9-10,12,19-21H2,1,3-6H3,(H,35,44)(H2,34,36,38,39)/b18-14+/t27-/m0/s1. The Morgan fingerprint density at radius 1 is 1.15 bits per heavy atom. The zero-order chi connectivity index (χ0) is 33.5. The average Bonchev–Trinajstić information content (AvgIpc) is 3.48. The molecule has 2 aromatic heterocycles. The first-order chi connectivity index (χ1) is 22.2. The lowest BCUT2D eigenvalue weighted by molar-refractivity contribution is -0.133. The van der Waals surface area contributed by atoms with E-state index in [4.69, 9.17) is 4.74 Å². The first kappa shape index (κ1) is 35.3. The van der Waals surface area contributed by atoms with Gasteiger partial charge in [-0.1, -0.05) is 37.0 Å². The molecule has 244 valence electrons. The number of likely N-dealkylation sites (N-methyl/N-ethyl adjacent to an activating group) is 2. The zero-order valence-electron chi connectivity index (χ0n) is 27.2. The number of anilines is 3. The van der Waals surface area contributed by atoms with Crippen molar-refractivity contribution >= 4 is 46.3 Å². The van der Waals surface area contributed by atoms with Crippen LogP contribution >= 0.6 is 0 Å². The summed E-state index contributed by atoms with van der Waals surface area (Å²) in [6, 6.07) is 4.67. The maximum absolute atomic E-state index is 12.7. The molecule has 0 aliphatic rings. The lowest BCUT2D eigenvalue weighted by Crippen LogP contribution is -2.46. The maximum Gasteiger partial charge on any atom is 0.435 e. The minimum atomic E-state index is -0.778. The molecule has 2 heterocycles. The molecule has 0 unspecified atom stereocenters. The van der Waals surface area contributed by atoms with Crippen molar-refractivity contribution in [2.45, 2.75) is 39.2 Å². The molecular weight excluding hydrogens is 586 g/mol. The molecule has 0 aliphatic heterocycles. The normalized spacial score (nSPS) is 11.5. The Hall–Kier alpha value is -5.22. The van der Waals surface area contributed by atoms with E-state index in [0.717, 1.165) is 6.42 Å². The molecule has 0 bridgehead atoms. The van der Waals surface area contributed by atoms with E-state index in [-0.39, 0.29) is 18.4 Å². The Labute approximate surface area is 270 Å². The number of carbonyl (C=O) groups excluding carboxylic acids is 3. The van der Waals surface area contributed by atoms with Crippen LogP contribution in [0.15, 0.2) is 55.4 Å². The molecule has 1 atom stereocenters. The van der Waals surface area contributed by atoms with E-state index in [2.05, 4.69) is 56.4 Å². The van der Waals surface area contributed by atoms with Crippen LogP contribution in [-0.2, 0) is 14.3 Å². The molecule has 0 spiro atoms. The van der Waals surface area contributed by atoms with E-state index >= 15 is 0 Å². The van der Waals surface area contributed by atoms with Crippen LogP contribution < -0.4 is 16.0 Å². The lowest BCUT2D eigenvalue weighted by atomic mass is 10.2. The van der Waals surface area contributed by atoms with Gasteiger partial charge < -0.3 is 30.5 Å². The molecule has 1 aromatic carbocycles. The van der Waals surface area contributed by atoms with Crippen LogP contribution in [0.4, 0.5) is 22.2 Å². The monoisotopic (exact) mass is 629 g/mol. The number of rotatable bonds is 15. The van der Waals surface area contributed by atoms with Crippen molar-refractivity contribution in [1.29, 1.82) is 0 Å². The number of hydrogen-bond donors (Lipinski definition) is 3. The number of carbonyl (C=O) groups is 3. The molecule has 0 saturated heterocycles. The van der Waals surface area contributed by atoms with Crippen LogP contribution in [0.5, 0.6) is 0 Å². The number of hydrogen-bond acceptors (Lipinski definition) is 10. The molecule has 3 N–H and O–H groups in total. The Balaban J connectivity index is 1.61. The SMILES string of the molecule is C=C[C@@H](C(=O)NCCCC#Cc1cnc(Nc2cccc3c2cnn3C(=O)OCC)nc1NCCC)N(C)C(=O)/C=C/CN(C)C. The van der Waals surface area contributed by atoms with Gasteiger partial charge in [-0.2, -0.15) is 14.8 Å². The summed E-state index contributed by atoms with van der Waals surface area (Å²) < 4.78 is 6.30. The smallest absolute Gasteiger partial charge is 0.435 e. The van der Waals surface area contributed by atoms with E-state index in [0.29, 0.717) is 66.4 Å². The van der Waals surface area contributed by atoms with Gasteiger partial charge in [-0.3, -0.25) is 9.59 Å². The van der Waals surface area contributed by atoms with Gasteiger partial charge in [0.1, 0.15) is 11.9 Å². The van der Waals surface area contributed by atoms with Gasteiger partial charge in [0.05, 0.1) is 35.8 Å². The Bertz CT molecular complexity index is 1600. The summed E-state index contributed by atoms with van der Waals surface area (Å²) >= 11 is 0. The Morgan fingerprint density at radius 2 is 1.96 bits per heavy atom. The summed E-state index contributed by atoms with van der Waals surface area (Å²) in [4.78, 5) is 49.8. The lowest BCUT2D eigenvalue weighted by Gasteiger charge is -2.23. The molecule has 0 aliphatic carbocycles. The third-order valence-corrected chi connectivity index (χ3v) is 6.62. The Kier molecular flexibility index (Phi) is 13.7. The highest BCUT2D eigenvalue weighted by Gasteiger charge is 2.22. The van der Waals surface area contributed by atoms with Crippen molar-refractivity contribution < 1.29 is 19.1 Å². The second kappa shape index (κ2) is 17.9. The molecule has 0 saturated carbocycles. The molecule has 0 fully saturated rings. The number of nitrogens with one attached hydrogen (secondary N) is 3. The second-order valence-electron chi connectivity index (χ2n) is 10.5. The van der Waals surface area contributed by atoms with Crippen LogP contribution in [-0.4, -0.2) is 101 Å². The van der Waals surface area contributed by atoms with Crippen LogP contribution in [0.3, 0.4) is 0 Å². The van der Waals surface area contributed by atoms with Gasteiger partial charge in [0.15, 0.2) is 0 Å². The van der Waals surface area contributed by atoms with Gasteiger partial charge in [0.25, 0.3) is 0 Å². The highest BCUT2D eigenvalue weighted by atomic mass is 16.5. The third-order valence-electron chi connectivity index (χ3n) is 6.62. The molecule has 3 rings (SSSR count). The van der Waals surface area contributed by atoms with Crippen LogP contribution in [0, 0.1) is 11.8 Å². The molecule has 13 nitrogen and oxygen atoms in total. The average molecular weight is 630 g/mol. The first-order valence-electron chi connectivity index (χ1n) is 15.2. The molecule has 46 heavy (non-hydrogen) atoms. The van der Waals surface area contributed by atoms with E-state index in [1.54, 1.807) is 44.6 Å². The number of nitrogens with zero attached hydrogens (tertiary/aromatic N) is 6. The van der Waals surface area contributed by atoms with E-state index in [1.807, 2.05) is 25.1 Å². The topological polar surface area (TPSA) is 147 Å². The first-order valence-corrected chi connectivity index (χ1v) is 15.2. The van der Waals surface area contributed by atoms with Crippen LogP contribution in [0.1, 0.15) is 38.7 Å². The Morgan fingerprint density at radius 3 is 2.67 bits per heavy atom. The number of unbranched alkanes of at least 4 members (excludes halogenated alkanes) is 1. The molecule has 3 aromatic rings. The quantitative estimate of drug-likeness (QED) is 0.0983. The fourth-order valence-corrected chi connectivity index (χ4v) is 4.23. The number of benzene rings is 1. The van der Waals surface area contributed by atoms with E-state index < -0.39 is 12.1 Å². The maximum atomic E-state index is 12.7. The number of aromatic nitrogens is 4. The van der Waals surface area contributed by atoms with Crippen molar-refractivity contribution in [3.63, 3.8) is 0 Å². The van der Waals surface area contributed by atoms with Crippen LogP contribution in [0.25, 0.3) is 10.9 Å². The van der Waals surface area contributed by atoms with E-state index in [1.165, 1.54) is 21.7 Å². The minimum absolute atomic E-state index is 0.249. The molecular formula is C33H43N9O4. The van der Waals surface area contributed by atoms with Gasteiger partial charge in [-0.05, 0) is 46.0 Å². The van der Waals surface area contributed by atoms with Gasteiger partial charge in [0, 0.05) is 44.6 Å². The highest BCUT2D eigenvalue weighted by Crippen LogP contribution is 2.26. The third kappa shape index (κ3) is 9.90. The predicted octanol–water partition coefficient (Wildman–Crippen LogP) is 3.78. The van der Waals surface area contributed by atoms with Crippen molar-refractivity contribution in [2.75, 3.05) is 58.0 Å². The second-order valence-corrected chi connectivity index (χ2v) is 10.5. The summed E-state index contributed by atoms with van der Waals surface area (Å²) in [5, 5.41) is 14.3. The molecule has 2 amide bonds. The zero-order valence-corrected chi connectivity index (χ0v) is 27.2. The summed E-state index contributed by atoms with van der Waals surface area (Å²) in [6.07, 6.45) is 9.39. The highest BCUT2D eigenvalue weighted by molar-refractivity contribution is 5.96. The molecule has 13 heteroatoms. The summed E-state index contributed by atoms with van der Waals surface area (Å²) in [6.45, 7) is 9.49. The van der Waals surface area contributed by atoms with Crippen molar-refractivity contribution in [3.05, 3.63) is 61.0 Å². The predicted molar refractivity (Wildman–Crippen MR) is 180 cm³/mol. The van der Waals surface area contributed by atoms with Crippen molar-refractivity contribution in [3.8, 4) is 11.8 Å². The largest absolute Gasteiger partial charge is 0.448 e. The van der Waals surface area contributed by atoms with Gasteiger partial charge in [-0.15, -0.1) is 6.58 Å². The number of amides is 2. The summed E-state index contributed by atoms with van der Waals surface area (Å²) in [5.41, 5.74) is 1.93.